The Bertz CT molecular complexity index is 453. The van der Waals surface area contributed by atoms with Crippen molar-refractivity contribution in [3.8, 4) is 0 Å². The molecule has 0 saturated heterocycles. The Morgan fingerprint density at radius 2 is 1.93 bits per heavy atom. The second-order valence-electron chi connectivity index (χ2n) is 9.03. The molecule has 2 N–H and O–H groups in total. The molecule has 2 heteroatoms. The fraction of sp³-hybridized carbons (Fsp3) is 0.769. The molecule has 0 spiro atoms. The van der Waals surface area contributed by atoms with Gasteiger partial charge in [0.25, 0.3) is 0 Å². The van der Waals surface area contributed by atoms with Crippen molar-refractivity contribution >= 4 is 0 Å². The highest BCUT2D eigenvalue weighted by molar-refractivity contribution is 5.09. The third kappa shape index (κ3) is 10.6. The minimum atomic E-state index is -1.08. The van der Waals surface area contributed by atoms with Crippen molar-refractivity contribution in [2.45, 2.75) is 103 Å². The van der Waals surface area contributed by atoms with Gasteiger partial charge in [-0.15, -0.1) is 6.58 Å². The lowest BCUT2D eigenvalue weighted by Gasteiger charge is -2.21. The minimum Gasteiger partial charge on any atom is -0.393 e. The number of unbranched alkanes of at least 4 members (excludes halogenated alkanes) is 5. The van der Waals surface area contributed by atoms with E-state index in [0.29, 0.717) is 12.3 Å². The molecule has 28 heavy (non-hydrogen) atoms. The first-order valence-electron chi connectivity index (χ1n) is 11.8. The quantitative estimate of drug-likeness (QED) is 0.208. The molecular weight excluding hydrogens is 344 g/mol. The van der Waals surface area contributed by atoms with Crippen molar-refractivity contribution in [2.75, 3.05) is 6.61 Å². The minimum absolute atomic E-state index is 0.226. The molecule has 1 aliphatic carbocycles. The number of aliphatic hydroxyl groups is 2. The van der Waals surface area contributed by atoms with E-state index in [2.05, 4.69) is 44.7 Å². The molecule has 2 unspecified atom stereocenters. The highest BCUT2D eigenvalue weighted by Crippen LogP contribution is 2.31. The van der Waals surface area contributed by atoms with Gasteiger partial charge in [0.05, 0.1) is 6.61 Å². The molecule has 0 saturated carbocycles. The predicted octanol–water partition coefficient (Wildman–Crippen LogP) is 6.98. The normalized spacial score (nSPS) is 22.6. The topological polar surface area (TPSA) is 40.5 Å². The summed E-state index contributed by atoms with van der Waals surface area (Å²) < 4.78 is 0. The van der Waals surface area contributed by atoms with E-state index in [1.807, 2.05) is 0 Å². The maximum absolute atomic E-state index is 10.00. The van der Waals surface area contributed by atoms with Crippen LogP contribution in [0.4, 0.5) is 0 Å². The van der Waals surface area contributed by atoms with Crippen molar-refractivity contribution in [1.82, 2.24) is 0 Å². The van der Waals surface area contributed by atoms with Crippen LogP contribution in [0.2, 0.25) is 0 Å². The van der Waals surface area contributed by atoms with Crippen LogP contribution in [0.1, 0.15) is 97.3 Å². The van der Waals surface area contributed by atoms with Crippen molar-refractivity contribution in [1.29, 1.82) is 0 Å². The highest BCUT2D eigenvalue weighted by Gasteiger charge is 2.21. The Kier molecular flexibility index (Phi) is 13.5. The average Bonchev–Trinajstić information content (AvgIpc) is 3.15. The van der Waals surface area contributed by atoms with Crippen LogP contribution in [0.3, 0.4) is 0 Å². The summed E-state index contributed by atoms with van der Waals surface area (Å²) in [5, 5.41) is 19.2. The molecule has 0 fully saturated rings. The van der Waals surface area contributed by atoms with Gasteiger partial charge in [0, 0.05) is 0 Å². The summed E-state index contributed by atoms with van der Waals surface area (Å²) in [6, 6.07) is 0. The lowest BCUT2D eigenvalue weighted by molar-refractivity contribution is 0.0186. The molecule has 1 rings (SSSR count). The van der Waals surface area contributed by atoms with Gasteiger partial charge in [-0.05, 0) is 49.9 Å². The van der Waals surface area contributed by atoms with E-state index in [1.165, 1.54) is 70.3 Å². The summed E-state index contributed by atoms with van der Waals surface area (Å²) in [6.07, 6.45) is 26.8. The van der Waals surface area contributed by atoms with E-state index in [0.717, 1.165) is 24.7 Å². The third-order valence-corrected chi connectivity index (χ3v) is 6.41. The first kappa shape index (κ1) is 25.2. The van der Waals surface area contributed by atoms with Crippen LogP contribution in [0, 0.1) is 17.8 Å². The zero-order valence-electron chi connectivity index (χ0n) is 18.6. The molecule has 1 aliphatic rings. The lowest BCUT2D eigenvalue weighted by atomic mass is 9.89. The van der Waals surface area contributed by atoms with Crippen molar-refractivity contribution in [3.63, 3.8) is 0 Å². The first-order chi connectivity index (χ1) is 13.5. The second-order valence-corrected chi connectivity index (χ2v) is 9.03. The Morgan fingerprint density at radius 3 is 2.64 bits per heavy atom. The summed E-state index contributed by atoms with van der Waals surface area (Å²) in [5.74, 6) is 2.27. The Balaban J connectivity index is 2.14. The third-order valence-electron chi connectivity index (χ3n) is 6.41. The van der Waals surface area contributed by atoms with Gasteiger partial charge in [-0.3, -0.25) is 0 Å². The molecule has 162 valence electrons. The molecule has 0 aromatic heterocycles. The van der Waals surface area contributed by atoms with Crippen LogP contribution in [0.5, 0.6) is 0 Å². The molecule has 0 radical (unpaired) electrons. The SMILES string of the molecule is C=CC(O)(CO)CCCCCC[C@H]1CC=C[C@@H]1C=CCCC(C)CCCCC. The highest BCUT2D eigenvalue weighted by atomic mass is 16.3. The smallest absolute Gasteiger partial charge is 0.105 e. The van der Waals surface area contributed by atoms with Crippen LogP contribution in [0.25, 0.3) is 0 Å². The summed E-state index contributed by atoms with van der Waals surface area (Å²) >= 11 is 0. The van der Waals surface area contributed by atoms with E-state index in [-0.39, 0.29) is 6.61 Å². The van der Waals surface area contributed by atoms with Gasteiger partial charge in [0.2, 0.25) is 0 Å². The zero-order valence-corrected chi connectivity index (χ0v) is 18.6. The van der Waals surface area contributed by atoms with Gasteiger partial charge >= 0.3 is 0 Å². The van der Waals surface area contributed by atoms with E-state index in [4.69, 9.17) is 0 Å². The molecule has 0 aromatic carbocycles. The number of aliphatic hydroxyl groups excluding tert-OH is 1. The van der Waals surface area contributed by atoms with Crippen LogP contribution in [-0.2, 0) is 0 Å². The van der Waals surface area contributed by atoms with Crippen LogP contribution < -0.4 is 0 Å². The van der Waals surface area contributed by atoms with E-state index < -0.39 is 5.60 Å². The standard InChI is InChI=1S/C26H46O2/c1-4-6-9-15-23(3)16-11-12-18-25-20-14-19-24(25)17-10-7-8-13-21-26(28,5-2)22-27/h5,12,14,18,20,23-25,27-28H,2,4,6-11,13,15-17,19,21-22H2,1,3H3/t23?,24-,25-,26?/m0/s1. The maximum atomic E-state index is 10.00. The zero-order chi connectivity index (χ0) is 20.7. The van der Waals surface area contributed by atoms with Gasteiger partial charge in [-0.1, -0.05) is 95.6 Å². The van der Waals surface area contributed by atoms with Crippen molar-refractivity contribution in [2.24, 2.45) is 17.8 Å². The molecule has 0 aliphatic heterocycles. The largest absolute Gasteiger partial charge is 0.393 e. The molecule has 0 bridgehead atoms. The maximum Gasteiger partial charge on any atom is 0.105 e. The van der Waals surface area contributed by atoms with Gasteiger partial charge in [-0.2, -0.15) is 0 Å². The van der Waals surface area contributed by atoms with Crippen LogP contribution in [0.15, 0.2) is 37.0 Å². The van der Waals surface area contributed by atoms with Gasteiger partial charge in [-0.25, -0.2) is 0 Å². The Labute approximate surface area is 174 Å². The molecule has 0 aromatic rings. The van der Waals surface area contributed by atoms with E-state index in [9.17, 15) is 10.2 Å². The Morgan fingerprint density at radius 1 is 1.14 bits per heavy atom. The predicted molar refractivity (Wildman–Crippen MR) is 122 cm³/mol. The molecule has 0 heterocycles. The number of rotatable bonds is 17. The Hall–Kier alpha value is -0.860. The van der Waals surface area contributed by atoms with Gasteiger partial charge < -0.3 is 10.2 Å². The van der Waals surface area contributed by atoms with Gasteiger partial charge in [0.1, 0.15) is 5.60 Å². The van der Waals surface area contributed by atoms with E-state index in [1.54, 1.807) is 0 Å². The second kappa shape index (κ2) is 15.0. The van der Waals surface area contributed by atoms with E-state index >= 15 is 0 Å². The average molecular weight is 391 g/mol. The number of hydrogen-bond acceptors (Lipinski definition) is 2. The van der Waals surface area contributed by atoms with Crippen molar-refractivity contribution < 1.29 is 10.2 Å². The lowest BCUT2D eigenvalue weighted by Crippen LogP contribution is -2.30. The fourth-order valence-corrected chi connectivity index (χ4v) is 4.21. The molecule has 0 amide bonds. The molecule has 2 nitrogen and oxygen atoms in total. The van der Waals surface area contributed by atoms with Crippen molar-refractivity contribution in [3.05, 3.63) is 37.0 Å². The molecule has 4 atom stereocenters. The summed E-state index contributed by atoms with van der Waals surface area (Å²) in [4.78, 5) is 0. The summed E-state index contributed by atoms with van der Waals surface area (Å²) in [7, 11) is 0. The fourth-order valence-electron chi connectivity index (χ4n) is 4.21. The van der Waals surface area contributed by atoms with Crippen LogP contribution >= 0.6 is 0 Å². The number of hydrogen-bond donors (Lipinski definition) is 2. The van der Waals surface area contributed by atoms with Gasteiger partial charge in [0.15, 0.2) is 0 Å². The monoisotopic (exact) mass is 390 g/mol. The van der Waals surface area contributed by atoms with Crippen LogP contribution in [-0.4, -0.2) is 22.4 Å². The summed E-state index contributed by atoms with van der Waals surface area (Å²) in [6.45, 7) is 8.06. The number of allylic oxidation sites excluding steroid dienone is 4. The molecular formula is C26H46O2. The summed E-state index contributed by atoms with van der Waals surface area (Å²) in [5.41, 5.74) is -1.08. The first-order valence-corrected chi connectivity index (χ1v) is 11.8.